The molecule has 3 aromatic rings. The highest BCUT2D eigenvalue weighted by atomic mass is 32.2. The first kappa shape index (κ1) is 32.5. The third-order valence-electron chi connectivity index (χ3n) is 8.08. The van der Waals surface area contributed by atoms with Gasteiger partial charge in [-0.25, -0.2) is 14.6 Å². The SMILES string of the molecule is CC(C)(C)OC(=O)N1CSC[C@H]1C1=NCC(c2ccc3c(c2)Oc2ccc(-c4cnc([C@@H]5CSCN5C(=O)OC(C)(C)C)[nH]4)cc2O3)N1. The lowest BCUT2D eigenvalue weighted by Crippen LogP contribution is -2.47. The molecule has 2 fully saturated rings. The Kier molecular flexibility index (Phi) is 8.43. The number of H-pyrrole nitrogens is 1. The standard InChI is InChI=1S/C34H40N6O6S2/c1-33(2,3)45-31(41)39-17-47-15-23(39)29-35-13-21(37-29)19-7-9-25-27(11-19)43-26-10-8-20(12-28(26)44-25)22-14-36-30(38-22)24-16-48-18-40(24)32(42)46-34(4,5)6/h7-13,22-24H,14-18H2,1-6H3,(H,35,37)(H,36,38)/t22?,23-,24-/m0/s1. The third-order valence-corrected chi connectivity index (χ3v) is 10.1. The van der Waals surface area contributed by atoms with Crippen LogP contribution in [0, 0.1) is 0 Å². The number of aromatic amines is 1. The molecule has 7 rings (SSSR count). The van der Waals surface area contributed by atoms with Gasteiger partial charge in [0.05, 0.1) is 36.2 Å². The second kappa shape index (κ2) is 12.4. The molecule has 0 saturated carbocycles. The number of hydrogen-bond acceptors (Lipinski definition) is 11. The second-order valence-corrected chi connectivity index (χ2v) is 16.1. The van der Waals surface area contributed by atoms with Crippen LogP contribution >= 0.6 is 23.5 Å². The maximum absolute atomic E-state index is 12.8. The Bertz CT molecular complexity index is 1760. The number of nitrogens with one attached hydrogen (secondary N) is 2. The molecule has 0 bridgehead atoms. The van der Waals surface area contributed by atoms with Crippen molar-refractivity contribution in [3.8, 4) is 34.3 Å². The average Bonchev–Trinajstić information content (AvgIpc) is 3.83. The number of thioether (sulfide) groups is 2. The molecule has 1 aromatic heterocycles. The molecule has 254 valence electrons. The molecule has 2 saturated heterocycles. The molecule has 48 heavy (non-hydrogen) atoms. The number of hydrogen-bond donors (Lipinski definition) is 2. The predicted octanol–water partition coefficient (Wildman–Crippen LogP) is 7.31. The monoisotopic (exact) mass is 692 g/mol. The summed E-state index contributed by atoms with van der Waals surface area (Å²) < 4.78 is 23.9. The molecular weight excluding hydrogens is 653 g/mol. The van der Waals surface area contributed by atoms with E-state index in [0.717, 1.165) is 34.2 Å². The molecule has 1 unspecified atom stereocenters. The van der Waals surface area contributed by atoms with Crippen molar-refractivity contribution in [1.29, 1.82) is 0 Å². The molecular formula is C34H40N6O6S2. The van der Waals surface area contributed by atoms with Gasteiger partial charge < -0.3 is 29.2 Å². The largest absolute Gasteiger partial charge is 0.450 e. The van der Waals surface area contributed by atoms with Gasteiger partial charge in [0.25, 0.3) is 0 Å². The maximum Gasteiger partial charge on any atom is 0.411 e. The minimum atomic E-state index is -0.568. The molecule has 3 atom stereocenters. The van der Waals surface area contributed by atoms with E-state index >= 15 is 0 Å². The molecule has 0 spiro atoms. The van der Waals surface area contributed by atoms with Gasteiger partial charge in [-0.2, -0.15) is 0 Å². The number of carbonyl (C=O) groups is 2. The topological polar surface area (TPSA) is 131 Å². The Morgan fingerprint density at radius 3 is 2.10 bits per heavy atom. The highest BCUT2D eigenvalue weighted by molar-refractivity contribution is 7.99. The molecule has 0 radical (unpaired) electrons. The normalized spacial score (nSPS) is 21.9. The molecule has 4 aliphatic heterocycles. The van der Waals surface area contributed by atoms with Crippen LogP contribution in [0.15, 0.2) is 47.6 Å². The summed E-state index contributed by atoms with van der Waals surface area (Å²) in [4.78, 5) is 41.9. The number of imidazole rings is 1. The van der Waals surface area contributed by atoms with Crippen molar-refractivity contribution in [3.63, 3.8) is 0 Å². The Morgan fingerprint density at radius 2 is 1.44 bits per heavy atom. The fourth-order valence-electron chi connectivity index (χ4n) is 5.82. The Labute approximate surface area is 288 Å². The van der Waals surface area contributed by atoms with E-state index in [9.17, 15) is 9.59 Å². The maximum atomic E-state index is 12.8. The van der Waals surface area contributed by atoms with Crippen molar-refractivity contribution in [2.24, 2.45) is 4.99 Å². The summed E-state index contributed by atoms with van der Waals surface area (Å²) in [7, 11) is 0. The van der Waals surface area contributed by atoms with Crippen molar-refractivity contribution in [3.05, 3.63) is 54.0 Å². The van der Waals surface area contributed by atoms with Crippen molar-refractivity contribution in [2.45, 2.75) is 70.9 Å². The van der Waals surface area contributed by atoms with E-state index in [0.29, 0.717) is 47.1 Å². The molecule has 14 heteroatoms. The number of nitrogens with zero attached hydrogens (tertiary/aromatic N) is 4. The summed E-state index contributed by atoms with van der Waals surface area (Å²) in [6.45, 7) is 11.8. The second-order valence-electron chi connectivity index (χ2n) is 14.1. The average molecular weight is 693 g/mol. The number of carbonyl (C=O) groups excluding carboxylic acids is 2. The van der Waals surface area contributed by atoms with Crippen LogP contribution in [0.25, 0.3) is 11.3 Å². The first-order valence-electron chi connectivity index (χ1n) is 16.0. The predicted molar refractivity (Wildman–Crippen MR) is 186 cm³/mol. The Morgan fingerprint density at radius 1 is 0.833 bits per heavy atom. The number of amidine groups is 1. The summed E-state index contributed by atoms with van der Waals surface area (Å²) in [5, 5.41) is 3.54. The number of amides is 2. The third kappa shape index (κ3) is 6.77. The number of fused-ring (bicyclic) bond motifs is 2. The molecule has 12 nitrogen and oxygen atoms in total. The van der Waals surface area contributed by atoms with Crippen LogP contribution in [0.5, 0.6) is 23.0 Å². The molecule has 2 N–H and O–H groups in total. The highest BCUT2D eigenvalue weighted by Gasteiger charge is 2.39. The van der Waals surface area contributed by atoms with Gasteiger partial charge in [0, 0.05) is 17.1 Å². The fraction of sp³-hybridized carbons (Fsp3) is 0.471. The van der Waals surface area contributed by atoms with E-state index in [4.69, 9.17) is 23.9 Å². The van der Waals surface area contributed by atoms with Gasteiger partial charge >= 0.3 is 12.2 Å². The first-order chi connectivity index (χ1) is 22.8. The van der Waals surface area contributed by atoms with Gasteiger partial charge in [0.2, 0.25) is 0 Å². The zero-order chi connectivity index (χ0) is 33.8. The molecule has 0 aliphatic carbocycles. The number of rotatable bonds is 4. The molecule has 2 amide bonds. The number of benzene rings is 2. The van der Waals surface area contributed by atoms with Crippen LogP contribution in [0.3, 0.4) is 0 Å². The van der Waals surface area contributed by atoms with Gasteiger partial charge in [0.15, 0.2) is 23.0 Å². The van der Waals surface area contributed by atoms with Gasteiger partial charge in [-0.15, -0.1) is 23.5 Å². The van der Waals surface area contributed by atoms with Crippen molar-refractivity contribution < 1.29 is 28.5 Å². The lowest BCUT2D eigenvalue weighted by Gasteiger charge is -2.28. The van der Waals surface area contributed by atoms with Gasteiger partial charge in [-0.05, 0) is 77.4 Å². The van der Waals surface area contributed by atoms with E-state index < -0.39 is 11.2 Å². The number of ether oxygens (including phenoxy) is 4. The molecule has 4 aliphatic rings. The van der Waals surface area contributed by atoms with E-state index in [1.54, 1.807) is 39.5 Å². The van der Waals surface area contributed by atoms with Crippen LogP contribution in [-0.4, -0.2) is 84.8 Å². The first-order valence-corrected chi connectivity index (χ1v) is 18.3. The van der Waals surface area contributed by atoms with Gasteiger partial charge in [-0.3, -0.25) is 14.8 Å². The van der Waals surface area contributed by atoms with Crippen LogP contribution < -0.4 is 14.8 Å². The van der Waals surface area contributed by atoms with Gasteiger partial charge in [-0.1, -0.05) is 6.07 Å². The van der Waals surface area contributed by atoms with E-state index in [1.165, 1.54) is 0 Å². The summed E-state index contributed by atoms with van der Waals surface area (Å²) >= 11 is 3.36. The summed E-state index contributed by atoms with van der Waals surface area (Å²) in [5.41, 5.74) is 1.59. The fourth-order valence-corrected chi connectivity index (χ4v) is 8.12. The smallest absolute Gasteiger partial charge is 0.411 e. The quantitative estimate of drug-likeness (QED) is 0.225. The Hall–Kier alpha value is -4.04. The van der Waals surface area contributed by atoms with Crippen LogP contribution in [0.4, 0.5) is 9.59 Å². The van der Waals surface area contributed by atoms with E-state index in [1.807, 2.05) is 77.9 Å². The lowest BCUT2D eigenvalue weighted by atomic mass is 10.1. The molecule has 5 heterocycles. The Balaban J connectivity index is 1.01. The van der Waals surface area contributed by atoms with Crippen molar-refractivity contribution in [1.82, 2.24) is 25.1 Å². The summed E-state index contributed by atoms with van der Waals surface area (Å²) in [5.74, 6) is 6.59. The highest BCUT2D eigenvalue weighted by Crippen LogP contribution is 2.47. The minimum Gasteiger partial charge on any atom is -0.450 e. The summed E-state index contributed by atoms with van der Waals surface area (Å²) in [6, 6.07) is 11.3. The van der Waals surface area contributed by atoms with Crippen LogP contribution in [0.2, 0.25) is 0 Å². The number of aromatic nitrogens is 2. The van der Waals surface area contributed by atoms with Crippen LogP contribution in [-0.2, 0) is 9.47 Å². The number of aliphatic imine (C=N–C) groups is 1. The van der Waals surface area contributed by atoms with Gasteiger partial charge in [0.1, 0.15) is 34.9 Å². The van der Waals surface area contributed by atoms with Crippen LogP contribution in [0.1, 0.15) is 65.0 Å². The van der Waals surface area contributed by atoms with Crippen molar-refractivity contribution >= 4 is 41.5 Å². The van der Waals surface area contributed by atoms with Crippen molar-refractivity contribution in [2.75, 3.05) is 29.8 Å². The van der Waals surface area contributed by atoms with E-state index in [-0.39, 0.29) is 30.3 Å². The zero-order valence-electron chi connectivity index (χ0n) is 27.9. The lowest BCUT2D eigenvalue weighted by molar-refractivity contribution is 0.0230. The molecule has 2 aromatic carbocycles. The van der Waals surface area contributed by atoms with E-state index in [2.05, 4.69) is 15.3 Å². The minimum absolute atomic E-state index is 0.0529. The summed E-state index contributed by atoms with van der Waals surface area (Å²) in [6.07, 6.45) is 1.11. The zero-order valence-corrected chi connectivity index (χ0v) is 29.5.